The minimum absolute atomic E-state index is 0.0434. The average Bonchev–Trinajstić information content (AvgIpc) is 2.38. The molecule has 1 fully saturated rings. The van der Waals surface area contributed by atoms with Gasteiger partial charge in [-0.05, 0) is 5.92 Å². The summed E-state index contributed by atoms with van der Waals surface area (Å²) in [5.74, 6) is -0.867. The molecule has 1 rings (SSSR count). The van der Waals surface area contributed by atoms with Gasteiger partial charge >= 0.3 is 5.97 Å². The van der Waals surface area contributed by atoms with E-state index in [1.807, 2.05) is 13.8 Å². The number of carbonyl (C=O) groups excluding carboxylic acids is 2. The van der Waals surface area contributed by atoms with Crippen LogP contribution in [0.3, 0.4) is 0 Å². The molecule has 0 bridgehead atoms. The summed E-state index contributed by atoms with van der Waals surface area (Å²) in [6, 6.07) is 0. The third kappa shape index (κ3) is 4.42. The monoisotopic (exact) mass is 302 g/mol. The molecule has 0 saturated carbocycles. The van der Waals surface area contributed by atoms with Crippen molar-refractivity contribution in [1.29, 1.82) is 0 Å². The molecule has 1 aliphatic heterocycles. The third-order valence-corrected chi connectivity index (χ3v) is 3.57. The Labute approximate surface area is 124 Å². The van der Waals surface area contributed by atoms with Crippen molar-refractivity contribution >= 4 is 29.1 Å². The van der Waals surface area contributed by atoms with Gasteiger partial charge in [-0.2, -0.15) is 0 Å². The molecule has 7 heteroatoms. The normalized spacial score (nSPS) is 20.6. The minimum Gasteiger partial charge on any atom is -0.469 e. The molecule has 0 radical (unpaired) electrons. The zero-order valence-corrected chi connectivity index (χ0v) is 12.9. The molecule has 0 aromatic carbocycles. The van der Waals surface area contributed by atoms with E-state index < -0.39 is 5.92 Å². The summed E-state index contributed by atoms with van der Waals surface area (Å²) in [4.78, 5) is 25.6. The van der Waals surface area contributed by atoms with Crippen LogP contribution in [-0.4, -0.2) is 54.7 Å². The molecule has 20 heavy (non-hydrogen) atoms. The van der Waals surface area contributed by atoms with Crippen LogP contribution in [-0.2, 0) is 19.1 Å². The first kappa shape index (κ1) is 16.8. The number of thiocarbonyl (C=S) groups is 1. The van der Waals surface area contributed by atoms with E-state index in [-0.39, 0.29) is 35.3 Å². The van der Waals surface area contributed by atoms with E-state index >= 15 is 0 Å². The highest BCUT2D eigenvalue weighted by Gasteiger charge is 2.33. The first-order chi connectivity index (χ1) is 9.36. The van der Waals surface area contributed by atoms with E-state index in [1.165, 1.54) is 7.11 Å². The summed E-state index contributed by atoms with van der Waals surface area (Å²) in [6.07, 6.45) is -0.195. The van der Waals surface area contributed by atoms with E-state index in [9.17, 15) is 9.59 Å². The lowest BCUT2D eigenvalue weighted by molar-refractivity contribution is -0.151. The largest absolute Gasteiger partial charge is 0.469 e. The van der Waals surface area contributed by atoms with Gasteiger partial charge in [-0.3, -0.25) is 9.59 Å². The zero-order valence-electron chi connectivity index (χ0n) is 12.1. The minimum atomic E-state index is -0.470. The number of rotatable bonds is 5. The molecule has 1 amide bonds. The predicted molar refractivity (Wildman–Crippen MR) is 78.1 cm³/mol. The number of hydrogen-bond acceptors (Lipinski definition) is 5. The van der Waals surface area contributed by atoms with Crippen LogP contribution < -0.4 is 5.73 Å². The number of esters is 1. The molecule has 0 aromatic heterocycles. The van der Waals surface area contributed by atoms with Crippen LogP contribution in [0.2, 0.25) is 0 Å². The molecule has 6 nitrogen and oxygen atoms in total. The smallest absolute Gasteiger partial charge is 0.308 e. The van der Waals surface area contributed by atoms with Gasteiger partial charge in [-0.15, -0.1) is 0 Å². The lowest BCUT2D eigenvalue weighted by Gasteiger charge is -2.35. The first-order valence-corrected chi connectivity index (χ1v) is 7.04. The van der Waals surface area contributed by atoms with Gasteiger partial charge in [0.05, 0.1) is 37.1 Å². The van der Waals surface area contributed by atoms with E-state index in [0.717, 1.165) is 0 Å². The van der Waals surface area contributed by atoms with Gasteiger partial charge in [-0.25, -0.2) is 0 Å². The van der Waals surface area contributed by atoms with Crippen LogP contribution in [0, 0.1) is 11.8 Å². The highest BCUT2D eigenvalue weighted by Crippen LogP contribution is 2.18. The van der Waals surface area contributed by atoms with Crippen molar-refractivity contribution in [3.05, 3.63) is 0 Å². The second-order valence-electron chi connectivity index (χ2n) is 5.18. The van der Waals surface area contributed by atoms with Gasteiger partial charge in [0.2, 0.25) is 5.91 Å². The van der Waals surface area contributed by atoms with Crippen molar-refractivity contribution in [3.8, 4) is 0 Å². The number of hydrogen-bond donors (Lipinski definition) is 1. The highest BCUT2D eigenvalue weighted by atomic mass is 32.1. The Morgan fingerprint density at radius 1 is 1.50 bits per heavy atom. The number of methoxy groups -OCH3 is 1. The van der Waals surface area contributed by atoms with Crippen molar-refractivity contribution in [1.82, 2.24) is 4.90 Å². The number of carbonyl (C=O) groups is 2. The fraction of sp³-hybridized carbons (Fsp3) is 0.769. The molecule has 2 atom stereocenters. The van der Waals surface area contributed by atoms with Crippen molar-refractivity contribution in [2.45, 2.75) is 26.4 Å². The van der Waals surface area contributed by atoms with Crippen LogP contribution in [0.1, 0.15) is 20.3 Å². The molecule has 114 valence electrons. The van der Waals surface area contributed by atoms with Gasteiger partial charge in [0.15, 0.2) is 0 Å². The molecule has 1 saturated heterocycles. The Bertz CT molecular complexity index is 387. The Morgan fingerprint density at radius 2 is 2.15 bits per heavy atom. The molecular weight excluding hydrogens is 280 g/mol. The van der Waals surface area contributed by atoms with E-state index in [2.05, 4.69) is 4.74 Å². The van der Waals surface area contributed by atoms with Gasteiger partial charge in [0.1, 0.15) is 0 Å². The molecule has 1 aliphatic rings. The van der Waals surface area contributed by atoms with Crippen molar-refractivity contribution in [2.75, 3.05) is 26.8 Å². The van der Waals surface area contributed by atoms with Crippen LogP contribution in [0.25, 0.3) is 0 Å². The maximum Gasteiger partial charge on any atom is 0.308 e. The number of nitrogens with two attached hydrogens (primary N) is 1. The van der Waals surface area contributed by atoms with Crippen molar-refractivity contribution in [2.24, 2.45) is 17.6 Å². The second-order valence-corrected chi connectivity index (χ2v) is 5.65. The fourth-order valence-electron chi connectivity index (χ4n) is 2.24. The molecule has 2 N–H and O–H groups in total. The fourth-order valence-corrected chi connectivity index (χ4v) is 2.62. The molecular formula is C13H22N2O4S. The predicted octanol–water partition coefficient (Wildman–Crippen LogP) is 0.335. The van der Waals surface area contributed by atoms with Gasteiger partial charge in [0, 0.05) is 13.1 Å². The maximum atomic E-state index is 12.5. The summed E-state index contributed by atoms with van der Waals surface area (Å²) in [5.41, 5.74) is 5.66. The topological polar surface area (TPSA) is 81.9 Å². The number of ether oxygens (including phenoxy) is 2. The Morgan fingerprint density at radius 3 is 2.65 bits per heavy atom. The van der Waals surface area contributed by atoms with Gasteiger partial charge < -0.3 is 20.1 Å². The Balaban J connectivity index is 2.68. The Hall–Kier alpha value is -1.21. The van der Waals surface area contributed by atoms with Crippen molar-refractivity contribution in [3.63, 3.8) is 0 Å². The van der Waals surface area contributed by atoms with Crippen molar-refractivity contribution < 1.29 is 19.1 Å². The molecule has 0 aliphatic carbocycles. The first-order valence-electron chi connectivity index (χ1n) is 6.63. The molecule has 1 heterocycles. The third-order valence-electron chi connectivity index (χ3n) is 3.31. The van der Waals surface area contributed by atoms with E-state index in [0.29, 0.717) is 19.7 Å². The lowest BCUT2D eigenvalue weighted by atomic mass is 9.94. The maximum absolute atomic E-state index is 12.5. The lowest BCUT2D eigenvalue weighted by Crippen LogP contribution is -2.51. The number of nitrogens with zero attached hydrogens (tertiary/aromatic N) is 1. The summed E-state index contributed by atoms with van der Waals surface area (Å²) < 4.78 is 10.1. The van der Waals surface area contributed by atoms with E-state index in [1.54, 1.807) is 4.90 Å². The molecule has 2 unspecified atom stereocenters. The molecule has 0 spiro atoms. The average molecular weight is 302 g/mol. The summed E-state index contributed by atoms with van der Waals surface area (Å²) in [5, 5.41) is 0. The summed E-state index contributed by atoms with van der Waals surface area (Å²) >= 11 is 4.98. The standard InChI is InChI=1S/C13H22N2O4S/c1-8(2)11(12(14)20)13(17)15-4-5-19-9(7-15)6-10(16)18-3/h8-9,11H,4-7H2,1-3H3,(H2,14,20). The van der Waals surface area contributed by atoms with Crippen LogP contribution in [0.5, 0.6) is 0 Å². The van der Waals surface area contributed by atoms with Crippen LogP contribution >= 0.6 is 12.2 Å². The Kier molecular flexibility index (Phi) is 6.35. The summed E-state index contributed by atoms with van der Waals surface area (Å²) in [6.45, 7) is 5.07. The molecule has 0 aromatic rings. The van der Waals surface area contributed by atoms with Crippen LogP contribution in [0.15, 0.2) is 0 Å². The van der Waals surface area contributed by atoms with E-state index in [4.69, 9.17) is 22.7 Å². The van der Waals surface area contributed by atoms with Gasteiger partial charge in [0.25, 0.3) is 0 Å². The van der Waals surface area contributed by atoms with Crippen LogP contribution in [0.4, 0.5) is 0 Å². The number of morpholine rings is 1. The quantitative estimate of drug-likeness (QED) is 0.582. The SMILES string of the molecule is COC(=O)CC1CN(C(=O)C(C(N)=S)C(C)C)CCO1. The highest BCUT2D eigenvalue weighted by molar-refractivity contribution is 7.80. The summed E-state index contributed by atoms with van der Waals surface area (Å²) in [7, 11) is 1.33. The number of amides is 1. The van der Waals surface area contributed by atoms with Gasteiger partial charge in [-0.1, -0.05) is 26.1 Å². The zero-order chi connectivity index (χ0) is 15.3. The second kappa shape index (κ2) is 7.54.